The summed E-state index contributed by atoms with van der Waals surface area (Å²) in [7, 11) is 0. The SMILES string of the molecule is Cc1c[nH]c(=O)n(C2CC(CO)(CO)C2)c1=O. The number of rotatable bonds is 3. The number of hydrogen-bond acceptors (Lipinski definition) is 4. The fraction of sp³-hybridized carbons (Fsp3) is 0.636. The van der Waals surface area contributed by atoms with Gasteiger partial charge in [-0.15, -0.1) is 0 Å². The first-order valence-electron chi connectivity index (χ1n) is 5.55. The van der Waals surface area contributed by atoms with Crippen LogP contribution in [0, 0.1) is 12.3 Å². The van der Waals surface area contributed by atoms with Crippen molar-refractivity contribution in [3.05, 3.63) is 32.6 Å². The molecular weight excluding hydrogens is 224 g/mol. The predicted molar refractivity (Wildman–Crippen MR) is 60.9 cm³/mol. The molecule has 3 N–H and O–H groups in total. The summed E-state index contributed by atoms with van der Waals surface area (Å²) in [6.45, 7) is 1.38. The van der Waals surface area contributed by atoms with Gasteiger partial charge in [-0.3, -0.25) is 9.36 Å². The molecule has 0 atom stereocenters. The number of aryl methyl sites for hydroxylation is 1. The van der Waals surface area contributed by atoms with Crippen LogP contribution >= 0.6 is 0 Å². The second-order valence-electron chi connectivity index (χ2n) is 4.83. The van der Waals surface area contributed by atoms with E-state index in [-0.39, 0.29) is 24.8 Å². The Hall–Kier alpha value is -1.40. The van der Waals surface area contributed by atoms with Crippen molar-refractivity contribution in [1.29, 1.82) is 0 Å². The Morgan fingerprint density at radius 1 is 1.41 bits per heavy atom. The Morgan fingerprint density at radius 2 is 2.00 bits per heavy atom. The van der Waals surface area contributed by atoms with Gasteiger partial charge in [0.25, 0.3) is 5.56 Å². The molecule has 6 nitrogen and oxygen atoms in total. The third kappa shape index (κ3) is 1.83. The van der Waals surface area contributed by atoms with Crippen molar-refractivity contribution in [1.82, 2.24) is 9.55 Å². The lowest BCUT2D eigenvalue weighted by molar-refractivity contribution is -0.0451. The highest BCUT2D eigenvalue weighted by Gasteiger charge is 2.45. The van der Waals surface area contributed by atoms with Crippen molar-refractivity contribution in [2.45, 2.75) is 25.8 Å². The molecule has 1 aliphatic rings. The topological polar surface area (TPSA) is 95.3 Å². The van der Waals surface area contributed by atoms with Gasteiger partial charge in [-0.05, 0) is 19.8 Å². The highest BCUT2D eigenvalue weighted by atomic mass is 16.3. The van der Waals surface area contributed by atoms with Crippen LogP contribution in [0.4, 0.5) is 0 Å². The Balaban J connectivity index is 2.31. The summed E-state index contributed by atoms with van der Waals surface area (Å²) < 4.78 is 1.18. The van der Waals surface area contributed by atoms with Gasteiger partial charge in [0.2, 0.25) is 0 Å². The van der Waals surface area contributed by atoms with Crippen LogP contribution in [-0.2, 0) is 0 Å². The molecular formula is C11H16N2O4. The van der Waals surface area contributed by atoms with E-state index in [1.807, 2.05) is 0 Å². The quantitative estimate of drug-likeness (QED) is 0.641. The lowest BCUT2D eigenvalue weighted by Gasteiger charge is -2.45. The zero-order valence-electron chi connectivity index (χ0n) is 9.64. The smallest absolute Gasteiger partial charge is 0.328 e. The molecule has 6 heteroatoms. The maximum absolute atomic E-state index is 11.8. The van der Waals surface area contributed by atoms with Crippen molar-refractivity contribution in [2.75, 3.05) is 13.2 Å². The second kappa shape index (κ2) is 4.12. The molecule has 94 valence electrons. The van der Waals surface area contributed by atoms with E-state index in [1.54, 1.807) is 6.92 Å². The molecule has 1 saturated carbocycles. The Kier molecular flexibility index (Phi) is 2.92. The van der Waals surface area contributed by atoms with Gasteiger partial charge in [-0.25, -0.2) is 4.79 Å². The summed E-state index contributed by atoms with van der Waals surface area (Å²) in [6, 6.07) is -0.231. The third-order valence-corrected chi connectivity index (χ3v) is 3.56. The van der Waals surface area contributed by atoms with Crippen molar-refractivity contribution < 1.29 is 10.2 Å². The van der Waals surface area contributed by atoms with E-state index in [0.29, 0.717) is 18.4 Å². The van der Waals surface area contributed by atoms with Crippen LogP contribution in [0.2, 0.25) is 0 Å². The van der Waals surface area contributed by atoms with Crippen LogP contribution in [0.5, 0.6) is 0 Å². The van der Waals surface area contributed by atoms with Gasteiger partial charge in [0.15, 0.2) is 0 Å². The summed E-state index contributed by atoms with van der Waals surface area (Å²) in [5, 5.41) is 18.3. The van der Waals surface area contributed by atoms with Crippen LogP contribution in [0.15, 0.2) is 15.8 Å². The first kappa shape index (κ1) is 12.1. The highest BCUT2D eigenvalue weighted by Crippen LogP contribution is 2.46. The van der Waals surface area contributed by atoms with E-state index in [4.69, 9.17) is 10.2 Å². The molecule has 0 radical (unpaired) electrons. The molecule has 1 fully saturated rings. The lowest BCUT2D eigenvalue weighted by Crippen LogP contribution is -2.50. The molecule has 0 spiro atoms. The van der Waals surface area contributed by atoms with Crippen molar-refractivity contribution >= 4 is 0 Å². The van der Waals surface area contributed by atoms with Gasteiger partial charge in [0.1, 0.15) is 0 Å². The zero-order valence-corrected chi connectivity index (χ0v) is 9.64. The van der Waals surface area contributed by atoms with E-state index in [2.05, 4.69) is 4.98 Å². The largest absolute Gasteiger partial charge is 0.396 e. The van der Waals surface area contributed by atoms with Crippen LogP contribution in [0.1, 0.15) is 24.4 Å². The van der Waals surface area contributed by atoms with E-state index < -0.39 is 11.1 Å². The van der Waals surface area contributed by atoms with Gasteiger partial charge in [-0.1, -0.05) is 0 Å². The number of aromatic amines is 1. The van der Waals surface area contributed by atoms with Crippen molar-refractivity contribution in [2.24, 2.45) is 5.41 Å². The average Bonchev–Trinajstić information content (AvgIpc) is 2.27. The van der Waals surface area contributed by atoms with Gasteiger partial charge < -0.3 is 15.2 Å². The summed E-state index contributed by atoms with van der Waals surface area (Å²) in [4.78, 5) is 25.9. The summed E-state index contributed by atoms with van der Waals surface area (Å²) in [5.41, 5.74) is -0.797. The van der Waals surface area contributed by atoms with Gasteiger partial charge in [-0.2, -0.15) is 0 Å². The zero-order chi connectivity index (χ0) is 12.6. The molecule has 0 bridgehead atoms. The molecule has 2 rings (SSSR count). The predicted octanol–water partition coefficient (Wildman–Crippen LogP) is -0.849. The van der Waals surface area contributed by atoms with Gasteiger partial charge in [0, 0.05) is 23.2 Å². The maximum atomic E-state index is 11.8. The first-order valence-corrected chi connectivity index (χ1v) is 5.55. The minimum Gasteiger partial charge on any atom is -0.396 e. The minimum atomic E-state index is -0.541. The molecule has 0 aromatic carbocycles. The van der Waals surface area contributed by atoms with Crippen molar-refractivity contribution in [3.8, 4) is 0 Å². The van der Waals surface area contributed by atoms with Crippen LogP contribution in [0.25, 0.3) is 0 Å². The molecule has 0 amide bonds. The summed E-state index contributed by atoms with van der Waals surface area (Å²) >= 11 is 0. The van der Waals surface area contributed by atoms with Crippen LogP contribution < -0.4 is 11.2 Å². The number of nitrogens with zero attached hydrogens (tertiary/aromatic N) is 1. The summed E-state index contributed by atoms with van der Waals surface area (Å²) in [5.74, 6) is 0. The number of hydrogen-bond donors (Lipinski definition) is 3. The highest BCUT2D eigenvalue weighted by molar-refractivity contribution is 5.05. The van der Waals surface area contributed by atoms with Crippen LogP contribution in [-0.4, -0.2) is 33.0 Å². The minimum absolute atomic E-state index is 0.127. The van der Waals surface area contributed by atoms with Gasteiger partial charge >= 0.3 is 5.69 Å². The Labute approximate surface area is 97.5 Å². The maximum Gasteiger partial charge on any atom is 0.328 e. The molecule has 1 aromatic heterocycles. The molecule has 1 heterocycles. The third-order valence-electron chi connectivity index (χ3n) is 3.56. The number of H-pyrrole nitrogens is 1. The van der Waals surface area contributed by atoms with Crippen LogP contribution in [0.3, 0.4) is 0 Å². The van der Waals surface area contributed by atoms with Gasteiger partial charge in [0.05, 0.1) is 13.2 Å². The molecule has 0 aliphatic heterocycles. The monoisotopic (exact) mass is 240 g/mol. The standard InChI is InChI=1S/C11H16N2O4/c1-7-4-12-10(17)13(9(7)16)8-2-11(3-8,5-14)6-15/h4,8,14-15H,2-3,5-6H2,1H3,(H,12,17). The normalized spacial score (nSPS) is 19.0. The number of nitrogens with one attached hydrogen (secondary N) is 1. The van der Waals surface area contributed by atoms with E-state index in [9.17, 15) is 9.59 Å². The lowest BCUT2D eigenvalue weighted by atomic mass is 9.66. The molecule has 0 saturated heterocycles. The first-order chi connectivity index (χ1) is 8.03. The number of aliphatic hydroxyl groups excluding tert-OH is 2. The summed E-state index contributed by atoms with van der Waals surface area (Å²) in [6.07, 6.45) is 2.30. The number of aliphatic hydroxyl groups is 2. The molecule has 1 aliphatic carbocycles. The van der Waals surface area contributed by atoms with E-state index >= 15 is 0 Å². The Bertz CT molecular complexity index is 519. The van der Waals surface area contributed by atoms with E-state index in [1.165, 1.54) is 10.8 Å². The number of aromatic nitrogens is 2. The fourth-order valence-corrected chi connectivity index (χ4v) is 2.35. The average molecular weight is 240 g/mol. The molecule has 17 heavy (non-hydrogen) atoms. The second-order valence-corrected chi connectivity index (χ2v) is 4.83. The van der Waals surface area contributed by atoms with Crippen molar-refractivity contribution in [3.63, 3.8) is 0 Å². The fourth-order valence-electron chi connectivity index (χ4n) is 2.35. The molecule has 1 aromatic rings. The molecule has 0 unspecified atom stereocenters. The van der Waals surface area contributed by atoms with E-state index in [0.717, 1.165) is 0 Å². The Morgan fingerprint density at radius 3 is 2.53 bits per heavy atom.